The van der Waals surface area contributed by atoms with Gasteiger partial charge in [0.1, 0.15) is 0 Å². The molecule has 4 heteroatoms. The Hall–Kier alpha value is -1.58. The molecule has 5 rings (SSSR count). The van der Waals surface area contributed by atoms with Crippen molar-refractivity contribution in [3.05, 3.63) is 23.5 Å². The van der Waals surface area contributed by atoms with Crippen molar-refractivity contribution < 1.29 is 9.90 Å². The highest BCUT2D eigenvalue weighted by molar-refractivity contribution is 5.85. The summed E-state index contributed by atoms with van der Waals surface area (Å²) in [5.74, 6) is 3.14. The van der Waals surface area contributed by atoms with E-state index < -0.39 is 5.97 Å². The molecule has 0 spiro atoms. The van der Waals surface area contributed by atoms with Gasteiger partial charge in [0.25, 0.3) is 0 Å². The first-order valence-electron chi connectivity index (χ1n) is 7.65. The molecule has 106 valence electrons. The van der Waals surface area contributed by atoms with E-state index in [0.717, 1.165) is 29.2 Å². The molecule has 4 saturated carbocycles. The van der Waals surface area contributed by atoms with Gasteiger partial charge in [0, 0.05) is 23.3 Å². The van der Waals surface area contributed by atoms with Crippen molar-refractivity contribution in [3.63, 3.8) is 0 Å². The van der Waals surface area contributed by atoms with E-state index >= 15 is 0 Å². The zero-order chi connectivity index (χ0) is 13.7. The van der Waals surface area contributed by atoms with E-state index in [2.05, 4.69) is 10.2 Å². The highest BCUT2D eigenvalue weighted by Gasteiger charge is 2.49. The number of nitrogens with zero attached hydrogens (tertiary/aromatic N) is 1. The first-order chi connectivity index (χ1) is 9.70. The number of carboxylic acids is 1. The zero-order valence-corrected chi connectivity index (χ0v) is 11.5. The van der Waals surface area contributed by atoms with Crippen molar-refractivity contribution in [2.24, 2.45) is 23.7 Å². The summed E-state index contributed by atoms with van der Waals surface area (Å²) in [5, 5.41) is 16.1. The minimum Gasteiger partial charge on any atom is -0.478 e. The van der Waals surface area contributed by atoms with Crippen LogP contribution in [0.1, 0.15) is 49.3 Å². The van der Waals surface area contributed by atoms with Crippen LogP contribution in [0.3, 0.4) is 0 Å². The molecule has 4 aliphatic rings. The Labute approximate surface area is 118 Å². The number of nitrogens with one attached hydrogen (secondary N) is 1. The maximum Gasteiger partial charge on any atom is 0.328 e. The first kappa shape index (κ1) is 12.2. The van der Waals surface area contributed by atoms with Crippen LogP contribution < -0.4 is 0 Å². The fraction of sp³-hybridized carbons (Fsp3) is 0.625. The number of aromatic amines is 1. The van der Waals surface area contributed by atoms with E-state index in [1.807, 2.05) is 0 Å². The number of hydrogen-bond acceptors (Lipinski definition) is 2. The van der Waals surface area contributed by atoms with Crippen molar-refractivity contribution in [2.75, 3.05) is 0 Å². The number of hydrogen-bond donors (Lipinski definition) is 2. The average molecular weight is 272 g/mol. The van der Waals surface area contributed by atoms with Gasteiger partial charge in [0.05, 0.1) is 6.20 Å². The quantitative estimate of drug-likeness (QED) is 0.831. The lowest BCUT2D eigenvalue weighted by Crippen LogP contribution is -2.44. The second kappa shape index (κ2) is 4.47. The van der Waals surface area contributed by atoms with Gasteiger partial charge in [-0.05, 0) is 61.9 Å². The van der Waals surface area contributed by atoms with Gasteiger partial charge in [-0.15, -0.1) is 0 Å². The number of aromatic nitrogens is 2. The molecular formula is C16H20N2O2. The van der Waals surface area contributed by atoms with Gasteiger partial charge in [0.15, 0.2) is 0 Å². The van der Waals surface area contributed by atoms with E-state index in [1.165, 1.54) is 43.9 Å². The van der Waals surface area contributed by atoms with Crippen LogP contribution in [0.15, 0.2) is 12.3 Å². The molecule has 4 bridgehead atoms. The molecule has 1 heterocycles. The van der Waals surface area contributed by atoms with Crippen LogP contribution in [0.5, 0.6) is 0 Å². The monoisotopic (exact) mass is 272 g/mol. The highest BCUT2D eigenvalue weighted by Crippen LogP contribution is 2.59. The second-order valence-corrected chi connectivity index (χ2v) is 6.87. The van der Waals surface area contributed by atoms with Crippen LogP contribution in [-0.2, 0) is 4.79 Å². The fourth-order valence-corrected chi connectivity index (χ4v) is 5.26. The van der Waals surface area contributed by atoms with Crippen LogP contribution in [0, 0.1) is 23.7 Å². The smallest absolute Gasteiger partial charge is 0.328 e. The van der Waals surface area contributed by atoms with Crippen LogP contribution in [0.4, 0.5) is 0 Å². The van der Waals surface area contributed by atoms with Crippen molar-refractivity contribution in [3.8, 4) is 0 Å². The lowest BCUT2D eigenvalue weighted by Gasteiger charge is -2.54. The summed E-state index contributed by atoms with van der Waals surface area (Å²) in [6.07, 6.45) is 11.6. The van der Waals surface area contributed by atoms with E-state index in [-0.39, 0.29) is 0 Å². The van der Waals surface area contributed by atoms with Crippen molar-refractivity contribution in [1.29, 1.82) is 0 Å². The Bertz CT molecular complexity index is 533. The molecule has 0 atom stereocenters. The van der Waals surface area contributed by atoms with Gasteiger partial charge in [0.2, 0.25) is 0 Å². The average Bonchev–Trinajstić information content (AvgIpc) is 2.83. The molecule has 20 heavy (non-hydrogen) atoms. The molecule has 4 fully saturated rings. The number of rotatable bonds is 3. The SMILES string of the molecule is O=C(O)/C=C/c1cn[nH]c1C1C2CC3CC(C2)CC1C3. The Balaban J connectivity index is 1.65. The Morgan fingerprint density at radius 1 is 1.20 bits per heavy atom. The van der Waals surface area contributed by atoms with E-state index in [0.29, 0.717) is 5.92 Å². The largest absolute Gasteiger partial charge is 0.478 e. The molecular weight excluding hydrogens is 252 g/mol. The molecule has 0 unspecified atom stereocenters. The van der Waals surface area contributed by atoms with Crippen LogP contribution in [0.25, 0.3) is 6.08 Å². The predicted molar refractivity (Wildman–Crippen MR) is 75.0 cm³/mol. The van der Waals surface area contributed by atoms with Crippen LogP contribution in [-0.4, -0.2) is 21.3 Å². The minimum absolute atomic E-state index is 0.568. The molecule has 0 amide bonds. The maximum absolute atomic E-state index is 10.7. The first-order valence-corrected chi connectivity index (χ1v) is 7.65. The molecule has 0 saturated heterocycles. The van der Waals surface area contributed by atoms with Crippen molar-refractivity contribution in [1.82, 2.24) is 10.2 Å². The maximum atomic E-state index is 10.7. The number of H-pyrrole nitrogens is 1. The van der Waals surface area contributed by atoms with E-state index in [4.69, 9.17) is 5.11 Å². The summed E-state index contributed by atoms with van der Waals surface area (Å²) in [5.41, 5.74) is 2.14. The Morgan fingerprint density at radius 2 is 1.85 bits per heavy atom. The van der Waals surface area contributed by atoms with Gasteiger partial charge >= 0.3 is 5.97 Å². The normalized spacial score (nSPS) is 38.7. The van der Waals surface area contributed by atoms with Gasteiger partial charge in [-0.1, -0.05) is 0 Å². The number of carboxylic acid groups (broad SMARTS) is 1. The van der Waals surface area contributed by atoms with E-state index in [1.54, 1.807) is 12.3 Å². The second-order valence-electron chi connectivity index (χ2n) is 6.87. The third-order valence-corrected chi connectivity index (χ3v) is 5.67. The number of carbonyl (C=O) groups is 1. The molecule has 0 aliphatic heterocycles. The highest BCUT2D eigenvalue weighted by atomic mass is 16.4. The van der Waals surface area contributed by atoms with Crippen LogP contribution in [0.2, 0.25) is 0 Å². The molecule has 0 aromatic carbocycles. The molecule has 1 aromatic rings. The predicted octanol–water partition coefficient (Wildman–Crippen LogP) is 3.05. The zero-order valence-electron chi connectivity index (χ0n) is 11.5. The Kier molecular flexibility index (Phi) is 2.72. The molecule has 0 radical (unpaired) electrons. The van der Waals surface area contributed by atoms with Crippen LogP contribution >= 0.6 is 0 Å². The topological polar surface area (TPSA) is 66.0 Å². The van der Waals surface area contributed by atoms with Gasteiger partial charge in [-0.3, -0.25) is 5.10 Å². The Morgan fingerprint density at radius 3 is 2.45 bits per heavy atom. The van der Waals surface area contributed by atoms with Crippen molar-refractivity contribution in [2.45, 2.75) is 38.0 Å². The molecule has 4 nitrogen and oxygen atoms in total. The lowest BCUT2D eigenvalue weighted by molar-refractivity contribution is -0.131. The molecule has 1 aromatic heterocycles. The summed E-state index contributed by atoms with van der Waals surface area (Å²) < 4.78 is 0. The molecule has 4 aliphatic carbocycles. The van der Waals surface area contributed by atoms with Gasteiger partial charge in [-0.25, -0.2) is 4.79 Å². The van der Waals surface area contributed by atoms with Gasteiger partial charge < -0.3 is 5.11 Å². The minimum atomic E-state index is -0.901. The van der Waals surface area contributed by atoms with Gasteiger partial charge in [-0.2, -0.15) is 5.10 Å². The summed E-state index contributed by atoms with van der Waals surface area (Å²) in [7, 11) is 0. The third-order valence-electron chi connectivity index (χ3n) is 5.67. The standard InChI is InChI=1S/C16H20N2O2/c19-14(20)2-1-11-8-17-18-16(11)15-12-4-9-3-10(6-12)7-13(15)5-9/h1-2,8-10,12-13,15H,3-7H2,(H,17,18)(H,19,20)/b2-1+. The number of aliphatic carboxylic acids is 1. The van der Waals surface area contributed by atoms with Crippen molar-refractivity contribution >= 4 is 12.0 Å². The summed E-state index contributed by atoms with van der Waals surface area (Å²) in [6.45, 7) is 0. The summed E-state index contributed by atoms with van der Waals surface area (Å²) in [6, 6.07) is 0. The lowest BCUT2D eigenvalue weighted by atomic mass is 9.51. The van der Waals surface area contributed by atoms with E-state index in [9.17, 15) is 4.79 Å². The fourth-order valence-electron chi connectivity index (χ4n) is 5.26. The summed E-state index contributed by atoms with van der Waals surface area (Å²) >= 11 is 0. The third kappa shape index (κ3) is 1.89. The molecule has 2 N–H and O–H groups in total. The summed E-state index contributed by atoms with van der Waals surface area (Å²) in [4.78, 5) is 10.7.